The first-order valence-corrected chi connectivity index (χ1v) is 7.73. The minimum absolute atomic E-state index is 0.200. The van der Waals surface area contributed by atoms with Crippen LogP contribution in [0.5, 0.6) is 11.5 Å². The quantitative estimate of drug-likeness (QED) is 0.801. The minimum atomic E-state index is 0.200. The molecule has 112 valence electrons. The van der Waals surface area contributed by atoms with Crippen LogP contribution in [-0.4, -0.2) is 18.3 Å². The number of phenols is 1. The van der Waals surface area contributed by atoms with Gasteiger partial charge >= 0.3 is 0 Å². The highest BCUT2D eigenvalue weighted by atomic mass is 16.5. The fourth-order valence-corrected chi connectivity index (χ4v) is 3.16. The molecule has 1 aromatic carbocycles. The molecule has 1 saturated carbocycles. The highest BCUT2D eigenvalue weighted by molar-refractivity contribution is 5.54. The number of rotatable bonds is 4. The standard InChI is InChI=1S/C17H27NO2/c1-12(2)13-5-4-6-14(8-7-13)18-15-9-10-17(20-3)16(19)11-15/h9-14,18-19H,4-8H2,1-3H3. The second-order valence-corrected chi connectivity index (χ2v) is 6.24. The van der Waals surface area contributed by atoms with Crippen LogP contribution in [0.15, 0.2) is 18.2 Å². The molecule has 2 atom stereocenters. The molecular weight excluding hydrogens is 250 g/mol. The lowest BCUT2D eigenvalue weighted by molar-refractivity contribution is 0.341. The molecule has 2 unspecified atom stereocenters. The summed E-state index contributed by atoms with van der Waals surface area (Å²) in [5.41, 5.74) is 0.983. The van der Waals surface area contributed by atoms with Crippen LogP contribution in [0, 0.1) is 11.8 Å². The van der Waals surface area contributed by atoms with E-state index in [0.717, 1.165) is 17.5 Å². The predicted octanol–water partition coefficient (Wildman–Crippen LogP) is 4.42. The fourth-order valence-electron chi connectivity index (χ4n) is 3.16. The average Bonchev–Trinajstić information content (AvgIpc) is 2.65. The minimum Gasteiger partial charge on any atom is -0.504 e. The number of nitrogens with one attached hydrogen (secondary N) is 1. The molecule has 0 radical (unpaired) electrons. The molecule has 0 aromatic heterocycles. The van der Waals surface area contributed by atoms with Crippen molar-refractivity contribution in [2.45, 2.75) is 52.0 Å². The van der Waals surface area contributed by atoms with Gasteiger partial charge in [-0.05, 0) is 43.2 Å². The van der Waals surface area contributed by atoms with E-state index in [2.05, 4.69) is 19.2 Å². The number of anilines is 1. The van der Waals surface area contributed by atoms with Crippen LogP contribution in [0.4, 0.5) is 5.69 Å². The van der Waals surface area contributed by atoms with Gasteiger partial charge in [0, 0.05) is 17.8 Å². The summed E-state index contributed by atoms with van der Waals surface area (Å²) in [6.45, 7) is 4.67. The Labute approximate surface area is 122 Å². The molecule has 1 aliphatic rings. The summed E-state index contributed by atoms with van der Waals surface area (Å²) in [7, 11) is 1.57. The lowest BCUT2D eigenvalue weighted by atomic mass is 9.89. The Bertz CT molecular complexity index is 431. The van der Waals surface area contributed by atoms with E-state index < -0.39 is 0 Å². The highest BCUT2D eigenvalue weighted by Gasteiger charge is 2.21. The van der Waals surface area contributed by atoms with Gasteiger partial charge in [0.05, 0.1) is 7.11 Å². The Morgan fingerprint density at radius 1 is 1.20 bits per heavy atom. The number of methoxy groups -OCH3 is 1. The third-order valence-corrected chi connectivity index (χ3v) is 4.51. The summed E-state index contributed by atoms with van der Waals surface area (Å²) in [6, 6.07) is 6.06. The van der Waals surface area contributed by atoms with Crippen molar-refractivity contribution < 1.29 is 9.84 Å². The van der Waals surface area contributed by atoms with Gasteiger partial charge in [-0.15, -0.1) is 0 Å². The molecule has 0 spiro atoms. The van der Waals surface area contributed by atoms with Crippen molar-refractivity contribution in [3.8, 4) is 11.5 Å². The van der Waals surface area contributed by atoms with Crippen molar-refractivity contribution >= 4 is 5.69 Å². The van der Waals surface area contributed by atoms with Crippen molar-refractivity contribution in [1.82, 2.24) is 0 Å². The molecule has 2 rings (SSSR count). The largest absolute Gasteiger partial charge is 0.504 e. The normalized spacial score (nSPS) is 23.4. The summed E-state index contributed by atoms with van der Waals surface area (Å²) >= 11 is 0. The van der Waals surface area contributed by atoms with Gasteiger partial charge in [-0.3, -0.25) is 0 Å². The van der Waals surface area contributed by atoms with Crippen LogP contribution in [0.25, 0.3) is 0 Å². The van der Waals surface area contributed by atoms with Crippen molar-refractivity contribution in [3.63, 3.8) is 0 Å². The maximum Gasteiger partial charge on any atom is 0.160 e. The molecule has 3 nitrogen and oxygen atoms in total. The lowest BCUT2D eigenvalue weighted by Crippen LogP contribution is -2.18. The Hall–Kier alpha value is -1.38. The average molecular weight is 277 g/mol. The molecule has 0 saturated heterocycles. The molecule has 1 fully saturated rings. The van der Waals surface area contributed by atoms with E-state index in [1.807, 2.05) is 12.1 Å². The second kappa shape index (κ2) is 6.87. The van der Waals surface area contributed by atoms with Gasteiger partial charge in [-0.2, -0.15) is 0 Å². The van der Waals surface area contributed by atoms with E-state index >= 15 is 0 Å². The topological polar surface area (TPSA) is 41.5 Å². The Balaban J connectivity index is 1.94. The zero-order valence-electron chi connectivity index (χ0n) is 12.9. The summed E-state index contributed by atoms with van der Waals surface area (Å²) < 4.78 is 5.07. The van der Waals surface area contributed by atoms with E-state index in [-0.39, 0.29) is 5.75 Å². The van der Waals surface area contributed by atoms with E-state index in [0.29, 0.717) is 11.8 Å². The Morgan fingerprint density at radius 3 is 2.65 bits per heavy atom. The van der Waals surface area contributed by atoms with Crippen molar-refractivity contribution in [2.24, 2.45) is 11.8 Å². The van der Waals surface area contributed by atoms with Gasteiger partial charge in [0.2, 0.25) is 0 Å². The summed E-state index contributed by atoms with van der Waals surface area (Å²) in [5.74, 6) is 2.38. The van der Waals surface area contributed by atoms with E-state index in [1.54, 1.807) is 13.2 Å². The number of phenolic OH excluding ortho intramolecular Hbond substituents is 1. The third-order valence-electron chi connectivity index (χ3n) is 4.51. The van der Waals surface area contributed by atoms with Gasteiger partial charge in [0.25, 0.3) is 0 Å². The Morgan fingerprint density at radius 2 is 2.00 bits per heavy atom. The predicted molar refractivity (Wildman–Crippen MR) is 83.5 cm³/mol. The molecule has 20 heavy (non-hydrogen) atoms. The molecule has 0 bridgehead atoms. The first kappa shape index (κ1) is 15.0. The summed E-state index contributed by atoms with van der Waals surface area (Å²) in [4.78, 5) is 0. The molecule has 0 aliphatic heterocycles. The third kappa shape index (κ3) is 3.81. The maximum absolute atomic E-state index is 9.83. The molecular formula is C17H27NO2. The van der Waals surface area contributed by atoms with Crippen molar-refractivity contribution in [2.75, 3.05) is 12.4 Å². The van der Waals surface area contributed by atoms with Crippen molar-refractivity contribution in [1.29, 1.82) is 0 Å². The number of ether oxygens (including phenoxy) is 1. The molecule has 0 amide bonds. The first-order valence-electron chi connectivity index (χ1n) is 7.73. The van der Waals surface area contributed by atoms with Gasteiger partial charge < -0.3 is 15.2 Å². The van der Waals surface area contributed by atoms with Crippen molar-refractivity contribution in [3.05, 3.63) is 18.2 Å². The van der Waals surface area contributed by atoms with Gasteiger partial charge in [0.1, 0.15) is 0 Å². The first-order chi connectivity index (χ1) is 9.60. The van der Waals surface area contributed by atoms with Gasteiger partial charge in [-0.1, -0.05) is 26.7 Å². The summed E-state index contributed by atoms with van der Waals surface area (Å²) in [6.07, 6.45) is 6.38. The molecule has 0 heterocycles. The fraction of sp³-hybridized carbons (Fsp3) is 0.647. The molecule has 1 aromatic rings. The number of hydrogen-bond donors (Lipinski definition) is 2. The van der Waals surface area contributed by atoms with Crippen LogP contribution >= 0.6 is 0 Å². The lowest BCUT2D eigenvalue weighted by Gasteiger charge is -2.20. The zero-order chi connectivity index (χ0) is 14.5. The van der Waals surface area contributed by atoms with Gasteiger partial charge in [-0.25, -0.2) is 0 Å². The number of benzene rings is 1. The van der Waals surface area contributed by atoms with Crippen LogP contribution in [0.3, 0.4) is 0 Å². The maximum atomic E-state index is 9.83. The highest BCUT2D eigenvalue weighted by Crippen LogP contribution is 2.32. The molecule has 2 N–H and O–H groups in total. The number of aromatic hydroxyl groups is 1. The van der Waals surface area contributed by atoms with Crippen LogP contribution < -0.4 is 10.1 Å². The van der Waals surface area contributed by atoms with E-state index in [9.17, 15) is 5.11 Å². The van der Waals surface area contributed by atoms with Crippen LogP contribution in [0.2, 0.25) is 0 Å². The van der Waals surface area contributed by atoms with E-state index in [4.69, 9.17) is 4.74 Å². The van der Waals surface area contributed by atoms with Gasteiger partial charge in [0.15, 0.2) is 11.5 Å². The Kier molecular flexibility index (Phi) is 5.16. The SMILES string of the molecule is COc1ccc(NC2CCCC(C(C)C)CC2)cc1O. The number of hydrogen-bond acceptors (Lipinski definition) is 3. The van der Waals surface area contributed by atoms with E-state index in [1.165, 1.54) is 32.1 Å². The van der Waals surface area contributed by atoms with Crippen LogP contribution in [0.1, 0.15) is 46.0 Å². The second-order valence-electron chi connectivity index (χ2n) is 6.24. The monoisotopic (exact) mass is 277 g/mol. The molecule has 3 heteroatoms. The smallest absolute Gasteiger partial charge is 0.160 e. The van der Waals surface area contributed by atoms with Crippen LogP contribution in [-0.2, 0) is 0 Å². The summed E-state index contributed by atoms with van der Waals surface area (Å²) in [5, 5.41) is 13.4. The molecule has 1 aliphatic carbocycles. The zero-order valence-corrected chi connectivity index (χ0v) is 12.9.